The quantitative estimate of drug-likeness (QED) is 0.784. The second kappa shape index (κ2) is 6.78. The van der Waals surface area contributed by atoms with E-state index in [1.165, 1.54) is 6.07 Å². The summed E-state index contributed by atoms with van der Waals surface area (Å²) < 4.78 is 54.7. The normalized spacial score (nSPS) is 17.8. The number of para-hydroxylation sites is 1. The number of rotatable bonds is 4. The minimum atomic E-state index is -3.74. The molecular weight excluding hydrogens is 400 g/mol. The highest BCUT2D eigenvalue weighted by atomic mass is 32.2. The van der Waals surface area contributed by atoms with Crippen molar-refractivity contribution in [2.24, 2.45) is 4.40 Å². The number of amidine groups is 1. The summed E-state index contributed by atoms with van der Waals surface area (Å²) in [5, 5.41) is 3.10. The van der Waals surface area contributed by atoms with Gasteiger partial charge in [-0.2, -0.15) is 8.42 Å². The number of hydrogen-bond acceptors (Lipinski definition) is 6. The molecule has 28 heavy (non-hydrogen) atoms. The van der Waals surface area contributed by atoms with E-state index in [2.05, 4.69) is 14.4 Å². The van der Waals surface area contributed by atoms with E-state index in [0.29, 0.717) is 17.2 Å². The summed E-state index contributed by atoms with van der Waals surface area (Å²) in [5.41, 5.74) is 2.85. The molecule has 0 radical (unpaired) electrons. The van der Waals surface area contributed by atoms with Crippen molar-refractivity contribution in [1.82, 2.24) is 0 Å². The Labute approximate surface area is 164 Å². The van der Waals surface area contributed by atoms with Gasteiger partial charge in [0.15, 0.2) is 0 Å². The first-order chi connectivity index (χ1) is 13.2. The topological polar surface area (TPSA) is 108 Å². The largest absolute Gasteiger partial charge is 0.364 e. The van der Waals surface area contributed by atoms with Gasteiger partial charge in [0.05, 0.1) is 24.2 Å². The van der Waals surface area contributed by atoms with Crippen molar-refractivity contribution in [2.45, 2.75) is 17.7 Å². The zero-order valence-electron chi connectivity index (χ0n) is 15.2. The Balaban J connectivity index is 1.65. The monoisotopic (exact) mass is 420 g/mol. The van der Waals surface area contributed by atoms with Crippen molar-refractivity contribution in [3.05, 3.63) is 48.0 Å². The Morgan fingerprint density at radius 1 is 1.18 bits per heavy atom. The van der Waals surface area contributed by atoms with Crippen LogP contribution in [0.5, 0.6) is 0 Å². The third-order valence-corrected chi connectivity index (χ3v) is 6.62. The van der Waals surface area contributed by atoms with Crippen LogP contribution in [0, 0.1) is 0 Å². The highest BCUT2D eigenvalue weighted by molar-refractivity contribution is 7.92. The first-order valence-corrected chi connectivity index (χ1v) is 12.1. The molecule has 0 saturated heterocycles. The van der Waals surface area contributed by atoms with Crippen LogP contribution in [0.25, 0.3) is 0 Å². The van der Waals surface area contributed by atoms with E-state index in [1.807, 2.05) is 11.0 Å². The second-order valence-corrected chi connectivity index (χ2v) is 10.2. The molecule has 0 saturated carbocycles. The zero-order chi connectivity index (χ0) is 19.9. The molecule has 2 aliphatic rings. The Kier molecular flexibility index (Phi) is 4.54. The smallest absolute Gasteiger partial charge is 0.286 e. The Hall–Kier alpha value is -2.59. The molecule has 0 atom stereocenters. The molecule has 8 nitrogen and oxygen atoms in total. The van der Waals surface area contributed by atoms with Gasteiger partial charge in [0.1, 0.15) is 10.7 Å². The molecule has 0 spiro atoms. The molecule has 4 rings (SSSR count). The van der Waals surface area contributed by atoms with Crippen LogP contribution in [-0.2, 0) is 26.5 Å². The molecule has 0 fully saturated rings. The van der Waals surface area contributed by atoms with E-state index in [-0.39, 0.29) is 11.4 Å². The fraction of sp³-hybridized carbons (Fsp3) is 0.278. The molecule has 0 unspecified atom stereocenters. The lowest BCUT2D eigenvalue weighted by Gasteiger charge is -2.33. The molecule has 0 amide bonds. The predicted octanol–water partition coefficient (Wildman–Crippen LogP) is 2.02. The van der Waals surface area contributed by atoms with Crippen LogP contribution in [0.15, 0.2) is 51.8 Å². The van der Waals surface area contributed by atoms with Crippen molar-refractivity contribution < 1.29 is 16.8 Å². The van der Waals surface area contributed by atoms with E-state index in [4.69, 9.17) is 0 Å². The van der Waals surface area contributed by atoms with Crippen LogP contribution in [0.3, 0.4) is 0 Å². The Morgan fingerprint density at radius 3 is 2.75 bits per heavy atom. The summed E-state index contributed by atoms with van der Waals surface area (Å²) >= 11 is 0. The number of nitrogens with zero attached hydrogens (tertiary/aromatic N) is 2. The maximum atomic E-state index is 12.5. The average molecular weight is 421 g/mol. The van der Waals surface area contributed by atoms with Crippen molar-refractivity contribution in [3.8, 4) is 0 Å². The molecule has 2 aliphatic heterocycles. The molecule has 2 heterocycles. The van der Waals surface area contributed by atoms with E-state index in [1.54, 1.807) is 30.3 Å². The van der Waals surface area contributed by atoms with E-state index >= 15 is 0 Å². The van der Waals surface area contributed by atoms with Crippen LogP contribution in [-0.4, -0.2) is 42.0 Å². The third-order valence-electron chi connectivity index (χ3n) is 4.66. The zero-order valence-corrected chi connectivity index (χ0v) is 16.8. The molecule has 2 aromatic carbocycles. The fourth-order valence-corrected chi connectivity index (χ4v) is 5.31. The molecule has 2 N–H and O–H groups in total. The first-order valence-electron chi connectivity index (χ1n) is 8.77. The summed E-state index contributed by atoms with van der Waals surface area (Å²) in [7, 11) is -7.13. The van der Waals surface area contributed by atoms with Gasteiger partial charge in [-0.1, -0.05) is 18.2 Å². The molecule has 10 heteroatoms. The van der Waals surface area contributed by atoms with Crippen LogP contribution in [0.1, 0.15) is 12.0 Å². The van der Waals surface area contributed by atoms with Gasteiger partial charge in [-0.15, -0.1) is 4.40 Å². The van der Waals surface area contributed by atoms with Crippen molar-refractivity contribution in [1.29, 1.82) is 0 Å². The number of benzene rings is 2. The van der Waals surface area contributed by atoms with Gasteiger partial charge in [0.2, 0.25) is 10.0 Å². The van der Waals surface area contributed by atoms with Gasteiger partial charge < -0.3 is 10.2 Å². The Bertz CT molecular complexity index is 1170. The van der Waals surface area contributed by atoms with Crippen LogP contribution in [0.2, 0.25) is 0 Å². The SMILES string of the molecule is CS(=O)(=O)Nc1cccc2c1CCCN2CC1=NS(=O)(=O)c2ccccc2N1. The number of hydrogen-bond donors (Lipinski definition) is 2. The van der Waals surface area contributed by atoms with Gasteiger partial charge >= 0.3 is 0 Å². The lowest BCUT2D eigenvalue weighted by molar-refractivity contribution is 0.597. The van der Waals surface area contributed by atoms with E-state index < -0.39 is 20.0 Å². The van der Waals surface area contributed by atoms with Gasteiger partial charge in [-0.25, -0.2) is 8.42 Å². The van der Waals surface area contributed by atoms with Crippen LogP contribution >= 0.6 is 0 Å². The summed E-state index contributed by atoms with van der Waals surface area (Å²) in [6, 6.07) is 12.1. The molecule has 148 valence electrons. The first kappa shape index (κ1) is 18.8. The van der Waals surface area contributed by atoms with Gasteiger partial charge in [-0.3, -0.25) is 4.72 Å². The summed E-state index contributed by atoms with van der Waals surface area (Å²) in [6.45, 7) is 1.00. The van der Waals surface area contributed by atoms with Gasteiger partial charge in [0.25, 0.3) is 10.0 Å². The van der Waals surface area contributed by atoms with Gasteiger partial charge in [0, 0.05) is 12.2 Å². The van der Waals surface area contributed by atoms with Crippen molar-refractivity contribution in [3.63, 3.8) is 0 Å². The van der Waals surface area contributed by atoms with E-state index in [9.17, 15) is 16.8 Å². The molecule has 0 aromatic heterocycles. The number of sulfonamides is 2. The molecule has 0 aliphatic carbocycles. The van der Waals surface area contributed by atoms with Crippen molar-refractivity contribution in [2.75, 3.05) is 34.3 Å². The maximum Gasteiger partial charge on any atom is 0.286 e. The van der Waals surface area contributed by atoms with E-state index in [0.717, 1.165) is 36.9 Å². The minimum absolute atomic E-state index is 0.164. The lowest BCUT2D eigenvalue weighted by atomic mass is 10.00. The highest BCUT2D eigenvalue weighted by Crippen LogP contribution is 2.34. The van der Waals surface area contributed by atoms with Crippen LogP contribution < -0.4 is 14.9 Å². The standard InChI is InChI=1S/C18H20N4O4S2/c1-27(23,24)20-14-8-4-9-16-13(14)6-5-11-22(16)12-18-19-15-7-2-3-10-17(15)28(25,26)21-18/h2-4,7-10,20H,5-6,11-12H2,1H3,(H,19,21). The highest BCUT2D eigenvalue weighted by Gasteiger charge is 2.27. The number of nitrogens with one attached hydrogen (secondary N) is 2. The number of fused-ring (bicyclic) bond motifs is 2. The van der Waals surface area contributed by atoms with Crippen LogP contribution in [0.4, 0.5) is 17.1 Å². The summed E-state index contributed by atoms with van der Waals surface area (Å²) in [6.07, 6.45) is 2.69. The number of anilines is 3. The van der Waals surface area contributed by atoms with Gasteiger partial charge in [-0.05, 0) is 42.7 Å². The third kappa shape index (κ3) is 3.69. The summed E-state index contributed by atoms with van der Waals surface area (Å²) in [5.74, 6) is 0.341. The van der Waals surface area contributed by atoms with Crippen molar-refractivity contribution >= 4 is 42.9 Å². The molecule has 2 aromatic rings. The molecule has 0 bridgehead atoms. The maximum absolute atomic E-state index is 12.5. The second-order valence-electron chi connectivity index (χ2n) is 6.84. The Morgan fingerprint density at radius 2 is 1.96 bits per heavy atom. The predicted molar refractivity (Wildman–Crippen MR) is 110 cm³/mol. The lowest BCUT2D eigenvalue weighted by Crippen LogP contribution is -2.38. The fourth-order valence-electron chi connectivity index (χ4n) is 3.58. The average Bonchev–Trinajstić information content (AvgIpc) is 2.61. The molecular formula is C18H20N4O4S2. The summed E-state index contributed by atoms with van der Waals surface area (Å²) in [4.78, 5) is 2.18. The minimum Gasteiger partial charge on any atom is -0.364 e.